The third-order valence-electron chi connectivity index (χ3n) is 5.92. The predicted octanol–water partition coefficient (Wildman–Crippen LogP) is 2.79. The second-order valence-corrected chi connectivity index (χ2v) is 8.16. The molecule has 3 heterocycles. The fourth-order valence-corrected chi connectivity index (χ4v) is 4.36. The highest BCUT2D eigenvalue weighted by Gasteiger charge is 2.27. The van der Waals surface area contributed by atoms with Crippen molar-refractivity contribution in [2.24, 2.45) is 0 Å². The molecule has 1 aromatic carbocycles. The molecule has 1 N–H and O–H groups in total. The molecule has 0 aliphatic carbocycles. The number of likely N-dealkylation sites (tertiary alicyclic amines) is 1. The van der Waals surface area contributed by atoms with Crippen molar-refractivity contribution in [1.29, 1.82) is 0 Å². The molecule has 2 aromatic rings. The first-order valence-corrected chi connectivity index (χ1v) is 10.1. The summed E-state index contributed by atoms with van der Waals surface area (Å²) in [5, 5.41) is 23.6. The van der Waals surface area contributed by atoms with E-state index in [2.05, 4.69) is 25.0 Å². The van der Waals surface area contributed by atoms with Gasteiger partial charge in [-0.05, 0) is 37.4 Å². The molecule has 4 rings (SSSR count). The minimum Gasteiger partial charge on any atom is -0.312 e. The summed E-state index contributed by atoms with van der Waals surface area (Å²) >= 11 is 0. The molecule has 8 heteroatoms. The fraction of sp³-hybridized carbons (Fsp3) is 0.600. The van der Waals surface area contributed by atoms with Crippen molar-refractivity contribution in [2.75, 3.05) is 19.6 Å². The van der Waals surface area contributed by atoms with Crippen LogP contribution in [0.15, 0.2) is 18.2 Å². The summed E-state index contributed by atoms with van der Waals surface area (Å²) in [6.07, 6.45) is 2.11. The van der Waals surface area contributed by atoms with Gasteiger partial charge in [-0.1, -0.05) is 26.0 Å². The highest BCUT2D eigenvalue weighted by Crippen LogP contribution is 2.30. The molecule has 0 saturated carbocycles. The summed E-state index contributed by atoms with van der Waals surface area (Å²) in [6.45, 7) is 9.42. The number of rotatable bonds is 5. The second-order valence-electron chi connectivity index (χ2n) is 8.16. The van der Waals surface area contributed by atoms with E-state index in [4.69, 9.17) is 0 Å². The number of benzene rings is 1. The van der Waals surface area contributed by atoms with Crippen molar-refractivity contribution < 1.29 is 4.92 Å². The van der Waals surface area contributed by atoms with Crippen LogP contribution in [-0.4, -0.2) is 44.2 Å². The van der Waals surface area contributed by atoms with Gasteiger partial charge < -0.3 is 9.88 Å². The van der Waals surface area contributed by atoms with Gasteiger partial charge in [-0.3, -0.25) is 15.0 Å². The van der Waals surface area contributed by atoms with Crippen LogP contribution in [0.4, 0.5) is 5.69 Å². The van der Waals surface area contributed by atoms with Crippen molar-refractivity contribution >= 4 is 5.69 Å². The Bertz CT molecular complexity index is 854. The standard InChI is InChI=1S/C20H28N6O2/c1-14(2)17-4-3-15(11-18(17)26(27)28)13-24-8-5-16(6-9-24)20-23-22-19-12-21-7-10-25(19)20/h3-4,11,14,16,21H,5-10,12-13H2,1-2H3. The summed E-state index contributed by atoms with van der Waals surface area (Å²) in [6, 6.07) is 5.71. The lowest BCUT2D eigenvalue weighted by Crippen LogP contribution is -2.34. The average molecular weight is 384 g/mol. The SMILES string of the molecule is CC(C)c1ccc(CN2CCC(c3nnc4n3CCNC4)CC2)cc1[N+](=O)[O-]. The van der Waals surface area contributed by atoms with Crippen LogP contribution >= 0.6 is 0 Å². The molecule has 28 heavy (non-hydrogen) atoms. The molecule has 0 atom stereocenters. The zero-order valence-corrected chi connectivity index (χ0v) is 16.6. The highest BCUT2D eigenvalue weighted by atomic mass is 16.6. The number of piperidine rings is 1. The van der Waals surface area contributed by atoms with Crippen LogP contribution in [0.5, 0.6) is 0 Å². The maximum absolute atomic E-state index is 11.4. The van der Waals surface area contributed by atoms with E-state index in [0.29, 0.717) is 5.92 Å². The number of hydrogen-bond acceptors (Lipinski definition) is 6. The molecule has 0 bridgehead atoms. The molecular weight excluding hydrogens is 356 g/mol. The van der Waals surface area contributed by atoms with E-state index in [1.165, 1.54) is 0 Å². The Balaban J connectivity index is 1.40. The fourth-order valence-electron chi connectivity index (χ4n) is 4.36. The normalized spacial score (nSPS) is 18.4. The van der Waals surface area contributed by atoms with Crippen LogP contribution < -0.4 is 5.32 Å². The molecule has 2 aliphatic heterocycles. The lowest BCUT2D eigenvalue weighted by Gasteiger charge is -2.32. The van der Waals surface area contributed by atoms with Crippen LogP contribution in [-0.2, 0) is 19.6 Å². The third kappa shape index (κ3) is 3.79. The minimum atomic E-state index is -0.256. The average Bonchev–Trinajstić information content (AvgIpc) is 3.12. The zero-order valence-electron chi connectivity index (χ0n) is 16.6. The number of nitro groups is 1. The Morgan fingerprint density at radius 3 is 2.75 bits per heavy atom. The Kier molecular flexibility index (Phi) is 5.41. The summed E-state index contributed by atoms with van der Waals surface area (Å²) in [5.41, 5.74) is 2.06. The van der Waals surface area contributed by atoms with Crippen molar-refractivity contribution in [3.63, 3.8) is 0 Å². The van der Waals surface area contributed by atoms with Crippen LogP contribution in [0.25, 0.3) is 0 Å². The number of nitro benzene ring substituents is 1. The van der Waals surface area contributed by atoms with Crippen molar-refractivity contribution in [3.8, 4) is 0 Å². The second kappa shape index (κ2) is 7.97. The topological polar surface area (TPSA) is 89.1 Å². The Labute approximate surface area is 165 Å². The summed E-state index contributed by atoms with van der Waals surface area (Å²) in [7, 11) is 0. The van der Waals surface area contributed by atoms with Gasteiger partial charge in [0.1, 0.15) is 11.6 Å². The first kappa shape index (κ1) is 19.0. The number of nitrogens with zero attached hydrogens (tertiary/aromatic N) is 5. The van der Waals surface area contributed by atoms with E-state index >= 15 is 0 Å². The monoisotopic (exact) mass is 384 g/mol. The first-order chi connectivity index (χ1) is 13.5. The van der Waals surface area contributed by atoms with Crippen LogP contribution in [0.2, 0.25) is 0 Å². The summed E-state index contributed by atoms with van der Waals surface area (Å²) < 4.78 is 2.28. The van der Waals surface area contributed by atoms with Gasteiger partial charge >= 0.3 is 0 Å². The van der Waals surface area contributed by atoms with Gasteiger partial charge in [0.15, 0.2) is 0 Å². The van der Waals surface area contributed by atoms with Crippen molar-refractivity contribution in [2.45, 2.75) is 58.2 Å². The summed E-state index contributed by atoms with van der Waals surface area (Å²) in [4.78, 5) is 13.6. The number of fused-ring (bicyclic) bond motifs is 1. The van der Waals surface area contributed by atoms with Gasteiger partial charge in [0, 0.05) is 37.2 Å². The van der Waals surface area contributed by atoms with E-state index in [-0.39, 0.29) is 16.5 Å². The molecule has 8 nitrogen and oxygen atoms in total. The molecular formula is C20H28N6O2. The van der Waals surface area contributed by atoms with Gasteiger partial charge in [0.05, 0.1) is 11.5 Å². The minimum absolute atomic E-state index is 0.148. The van der Waals surface area contributed by atoms with Crippen molar-refractivity contribution in [1.82, 2.24) is 25.0 Å². The maximum atomic E-state index is 11.4. The zero-order chi connectivity index (χ0) is 19.7. The van der Waals surface area contributed by atoms with E-state index < -0.39 is 0 Å². The molecule has 1 aromatic heterocycles. The van der Waals surface area contributed by atoms with Crippen LogP contribution in [0.1, 0.15) is 61.3 Å². The summed E-state index contributed by atoms with van der Waals surface area (Å²) in [5.74, 6) is 2.78. The van der Waals surface area contributed by atoms with Gasteiger partial charge in [0.25, 0.3) is 5.69 Å². The van der Waals surface area contributed by atoms with Crippen LogP contribution in [0.3, 0.4) is 0 Å². The van der Waals surface area contributed by atoms with Crippen molar-refractivity contribution in [3.05, 3.63) is 51.1 Å². The number of aromatic nitrogens is 3. The molecule has 0 unspecified atom stereocenters. The molecule has 0 amide bonds. The lowest BCUT2D eigenvalue weighted by atomic mass is 9.95. The van der Waals surface area contributed by atoms with Gasteiger partial charge in [-0.15, -0.1) is 10.2 Å². The smallest absolute Gasteiger partial charge is 0.273 e. The number of nitrogens with one attached hydrogen (secondary N) is 1. The Hall–Kier alpha value is -2.32. The molecule has 2 aliphatic rings. The van der Waals surface area contributed by atoms with Gasteiger partial charge in [-0.2, -0.15) is 0 Å². The van der Waals surface area contributed by atoms with E-state index in [9.17, 15) is 10.1 Å². The van der Waals surface area contributed by atoms with E-state index in [1.54, 1.807) is 6.07 Å². The lowest BCUT2D eigenvalue weighted by molar-refractivity contribution is -0.385. The largest absolute Gasteiger partial charge is 0.312 e. The Morgan fingerprint density at radius 1 is 1.25 bits per heavy atom. The molecule has 0 spiro atoms. The first-order valence-electron chi connectivity index (χ1n) is 10.1. The van der Waals surface area contributed by atoms with Gasteiger partial charge in [-0.25, -0.2) is 0 Å². The maximum Gasteiger partial charge on any atom is 0.273 e. The van der Waals surface area contributed by atoms with Crippen LogP contribution in [0, 0.1) is 10.1 Å². The third-order valence-corrected chi connectivity index (χ3v) is 5.92. The molecule has 1 saturated heterocycles. The molecule has 1 fully saturated rings. The highest BCUT2D eigenvalue weighted by molar-refractivity contribution is 5.45. The quantitative estimate of drug-likeness (QED) is 0.630. The Morgan fingerprint density at radius 2 is 2.04 bits per heavy atom. The molecule has 150 valence electrons. The van der Waals surface area contributed by atoms with Gasteiger partial charge in [0.2, 0.25) is 0 Å². The van der Waals surface area contributed by atoms with E-state index in [1.807, 2.05) is 26.0 Å². The van der Waals surface area contributed by atoms with E-state index in [0.717, 1.165) is 74.9 Å². The predicted molar refractivity (Wildman–Crippen MR) is 106 cm³/mol. The number of hydrogen-bond donors (Lipinski definition) is 1. The molecule has 0 radical (unpaired) electrons.